The van der Waals surface area contributed by atoms with Crippen LogP contribution >= 0.6 is 0 Å². The van der Waals surface area contributed by atoms with Crippen molar-refractivity contribution in [1.82, 2.24) is 4.72 Å². The molecule has 1 aromatic rings. The number of sulfonamides is 1. The average Bonchev–Trinajstić information content (AvgIpc) is 2.32. The molecule has 0 aromatic heterocycles. The Hall–Kier alpha value is -1.11. The first-order valence-electron chi connectivity index (χ1n) is 5.73. The smallest absolute Gasteiger partial charge is 0.244 e. The van der Waals surface area contributed by atoms with E-state index in [1.54, 1.807) is 12.1 Å². The van der Waals surface area contributed by atoms with E-state index < -0.39 is 10.0 Å². The summed E-state index contributed by atoms with van der Waals surface area (Å²) in [7, 11) is -2.04. The van der Waals surface area contributed by atoms with Gasteiger partial charge in [0.15, 0.2) is 0 Å². The first-order chi connectivity index (χ1) is 8.51. The predicted molar refractivity (Wildman–Crippen MR) is 69.4 cm³/mol. The minimum Gasteiger partial charge on any atom is -0.492 e. The molecule has 18 heavy (non-hydrogen) atoms. The second-order valence-corrected chi connectivity index (χ2v) is 5.51. The van der Waals surface area contributed by atoms with Crippen LogP contribution in [0, 0.1) is 6.92 Å². The van der Waals surface area contributed by atoms with Gasteiger partial charge in [-0.05, 0) is 31.5 Å². The number of nitrogens with one attached hydrogen (secondary N) is 1. The van der Waals surface area contributed by atoms with Crippen LogP contribution in [0.1, 0.15) is 12.5 Å². The lowest BCUT2D eigenvalue weighted by atomic mass is 10.2. The van der Waals surface area contributed by atoms with Gasteiger partial charge in [0, 0.05) is 13.7 Å². The Balaban J connectivity index is 3.01. The molecule has 5 nitrogen and oxygen atoms in total. The zero-order valence-electron chi connectivity index (χ0n) is 10.9. The fourth-order valence-corrected chi connectivity index (χ4v) is 2.70. The summed E-state index contributed by atoms with van der Waals surface area (Å²) in [5.74, 6) is 0.369. The second kappa shape index (κ2) is 6.72. The van der Waals surface area contributed by atoms with Crippen molar-refractivity contribution in [2.45, 2.75) is 18.7 Å². The fraction of sp³-hybridized carbons (Fsp3) is 0.500. The standard InChI is InChI=1S/C12H19NO4S/c1-4-17-11-6-5-10(2)9-12(11)18(14,15)13-7-8-16-3/h5-6,9,13H,4,7-8H2,1-3H3. The molecule has 0 heterocycles. The van der Waals surface area contributed by atoms with E-state index in [0.29, 0.717) is 19.0 Å². The molecule has 0 aliphatic carbocycles. The summed E-state index contributed by atoms with van der Waals surface area (Å²) in [6.07, 6.45) is 0. The van der Waals surface area contributed by atoms with Gasteiger partial charge in [-0.3, -0.25) is 0 Å². The molecule has 6 heteroatoms. The van der Waals surface area contributed by atoms with E-state index in [1.165, 1.54) is 7.11 Å². The monoisotopic (exact) mass is 273 g/mol. The van der Waals surface area contributed by atoms with E-state index >= 15 is 0 Å². The number of aryl methyl sites for hydroxylation is 1. The van der Waals surface area contributed by atoms with Gasteiger partial charge >= 0.3 is 0 Å². The Labute approximate surface area is 108 Å². The second-order valence-electron chi connectivity index (χ2n) is 3.77. The maximum absolute atomic E-state index is 12.1. The van der Waals surface area contributed by atoms with Gasteiger partial charge in [0.05, 0.1) is 13.2 Å². The van der Waals surface area contributed by atoms with Gasteiger partial charge in [-0.2, -0.15) is 0 Å². The zero-order valence-corrected chi connectivity index (χ0v) is 11.7. The molecule has 0 fully saturated rings. The van der Waals surface area contributed by atoms with Gasteiger partial charge in [0.2, 0.25) is 10.0 Å². The Morgan fingerprint density at radius 2 is 2.06 bits per heavy atom. The van der Waals surface area contributed by atoms with Crippen LogP contribution in [0.15, 0.2) is 23.1 Å². The summed E-state index contributed by atoms with van der Waals surface area (Å²) >= 11 is 0. The molecule has 0 saturated carbocycles. The largest absolute Gasteiger partial charge is 0.492 e. The van der Waals surface area contributed by atoms with Crippen molar-refractivity contribution >= 4 is 10.0 Å². The summed E-state index contributed by atoms with van der Waals surface area (Å²) in [5, 5.41) is 0. The minimum absolute atomic E-state index is 0.167. The number of ether oxygens (including phenoxy) is 2. The van der Waals surface area contributed by atoms with Crippen LogP contribution in [0.3, 0.4) is 0 Å². The third kappa shape index (κ3) is 3.97. The van der Waals surface area contributed by atoms with Crippen LogP contribution in [0.4, 0.5) is 0 Å². The Bertz CT molecular complexity index is 485. The van der Waals surface area contributed by atoms with Crippen molar-refractivity contribution in [3.8, 4) is 5.75 Å². The topological polar surface area (TPSA) is 64.6 Å². The summed E-state index contributed by atoms with van der Waals surface area (Å²) < 4.78 is 36.8. The molecule has 102 valence electrons. The van der Waals surface area contributed by atoms with E-state index in [1.807, 2.05) is 19.9 Å². The summed E-state index contributed by atoms with van der Waals surface area (Å²) in [4.78, 5) is 0.167. The number of hydrogen-bond acceptors (Lipinski definition) is 4. The number of methoxy groups -OCH3 is 1. The molecule has 0 bridgehead atoms. The SMILES string of the molecule is CCOc1ccc(C)cc1S(=O)(=O)NCCOC. The summed E-state index contributed by atoms with van der Waals surface area (Å²) in [6, 6.07) is 5.09. The summed E-state index contributed by atoms with van der Waals surface area (Å²) in [6.45, 7) is 4.63. The molecule has 0 aliphatic rings. The van der Waals surface area contributed by atoms with Gasteiger partial charge in [-0.15, -0.1) is 0 Å². The Morgan fingerprint density at radius 1 is 1.33 bits per heavy atom. The Morgan fingerprint density at radius 3 is 2.67 bits per heavy atom. The normalized spacial score (nSPS) is 11.5. The minimum atomic E-state index is -3.56. The van der Waals surface area contributed by atoms with Gasteiger partial charge in [-0.25, -0.2) is 13.1 Å². The van der Waals surface area contributed by atoms with Crippen LogP contribution in [-0.4, -0.2) is 35.3 Å². The highest BCUT2D eigenvalue weighted by Gasteiger charge is 2.19. The van der Waals surface area contributed by atoms with Crippen molar-refractivity contribution < 1.29 is 17.9 Å². The molecule has 0 unspecified atom stereocenters. The quantitative estimate of drug-likeness (QED) is 0.761. The first kappa shape index (κ1) is 14.9. The molecular formula is C12H19NO4S. The third-order valence-electron chi connectivity index (χ3n) is 2.29. The average molecular weight is 273 g/mol. The first-order valence-corrected chi connectivity index (χ1v) is 7.21. The molecule has 0 spiro atoms. The van der Waals surface area contributed by atoms with E-state index in [0.717, 1.165) is 5.56 Å². The highest BCUT2D eigenvalue weighted by atomic mass is 32.2. The highest BCUT2D eigenvalue weighted by molar-refractivity contribution is 7.89. The van der Waals surface area contributed by atoms with Gasteiger partial charge in [-0.1, -0.05) is 6.07 Å². The molecular weight excluding hydrogens is 254 g/mol. The lowest BCUT2D eigenvalue weighted by molar-refractivity contribution is 0.204. The predicted octanol–water partition coefficient (Wildman–Crippen LogP) is 1.32. The molecule has 1 aromatic carbocycles. The molecule has 1 rings (SSSR count). The van der Waals surface area contributed by atoms with Crippen LogP contribution in [0.25, 0.3) is 0 Å². The van der Waals surface area contributed by atoms with Crippen molar-refractivity contribution in [2.75, 3.05) is 26.9 Å². The van der Waals surface area contributed by atoms with E-state index in [4.69, 9.17) is 9.47 Å². The van der Waals surface area contributed by atoms with Crippen molar-refractivity contribution in [1.29, 1.82) is 0 Å². The van der Waals surface area contributed by atoms with Gasteiger partial charge in [0.1, 0.15) is 10.6 Å². The lowest BCUT2D eigenvalue weighted by Crippen LogP contribution is -2.27. The maximum atomic E-state index is 12.1. The molecule has 0 amide bonds. The number of rotatable bonds is 7. The molecule has 0 aliphatic heterocycles. The lowest BCUT2D eigenvalue weighted by Gasteiger charge is -2.12. The van der Waals surface area contributed by atoms with E-state index in [2.05, 4.69) is 4.72 Å². The highest BCUT2D eigenvalue weighted by Crippen LogP contribution is 2.24. The number of hydrogen-bond donors (Lipinski definition) is 1. The summed E-state index contributed by atoms with van der Waals surface area (Å²) in [5.41, 5.74) is 0.866. The van der Waals surface area contributed by atoms with Crippen molar-refractivity contribution in [3.05, 3.63) is 23.8 Å². The molecule has 0 atom stereocenters. The fourth-order valence-electron chi connectivity index (χ4n) is 1.46. The maximum Gasteiger partial charge on any atom is 0.244 e. The Kier molecular flexibility index (Phi) is 5.58. The van der Waals surface area contributed by atoms with Crippen molar-refractivity contribution in [3.63, 3.8) is 0 Å². The third-order valence-corrected chi connectivity index (χ3v) is 3.77. The molecule has 0 radical (unpaired) electrons. The molecule has 0 saturated heterocycles. The van der Waals surface area contributed by atoms with Gasteiger partial charge in [0.25, 0.3) is 0 Å². The van der Waals surface area contributed by atoms with Crippen molar-refractivity contribution in [2.24, 2.45) is 0 Å². The number of benzene rings is 1. The molecule has 1 N–H and O–H groups in total. The van der Waals surface area contributed by atoms with Crippen LogP contribution < -0.4 is 9.46 Å². The van der Waals surface area contributed by atoms with Crippen LogP contribution in [0.2, 0.25) is 0 Å². The van der Waals surface area contributed by atoms with Gasteiger partial charge < -0.3 is 9.47 Å². The van der Waals surface area contributed by atoms with Crippen LogP contribution in [-0.2, 0) is 14.8 Å². The van der Waals surface area contributed by atoms with E-state index in [9.17, 15) is 8.42 Å². The van der Waals surface area contributed by atoms with E-state index in [-0.39, 0.29) is 11.4 Å². The van der Waals surface area contributed by atoms with Crippen LogP contribution in [0.5, 0.6) is 5.75 Å². The zero-order chi connectivity index (χ0) is 13.6.